The van der Waals surface area contributed by atoms with Crippen molar-refractivity contribution in [2.75, 3.05) is 44.8 Å². The van der Waals surface area contributed by atoms with Crippen molar-refractivity contribution >= 4 is 29.1 Å². The molecule has 1 amide bonds. The fourth-order valence-electron chi connectivity index (χ4n) is 2.78. The lowest BCUT2D eigenvalue weighted by Gasteiger charge is -2.22. The van der Waals surface area contributed by atoms with E-state index in [1.807, 2.05) is 21.6 Å². The predicted molar refractivity (Wildman–Crippen MR) is 87.9 cm³/mol. The van der Waals surface area contributed by atoms with Crippen LogP contribution in [-0.4, -0.2) is 65.3 Å². The molecule has 7 nitrogen and oxygen atoms in total. The van der Waals surface area contributed by atoms with Gasteiger partial charge in [0.05, 0.1) is 18.1 Å². The average Bonchev–Trinajstić information content (AvgIpc) is 2.80. The van der Waals surface area contributed by atoms with Crippen LogP contribution >= 0.6 is 11.6 Å². The number of anilines is 1. The third-order valence-corrected chi connectivity index (χ3v) is 4.22. The topological polar surface area (TPSA) is 63.0 Å². The summed E-state index contributed by atoms with van der Waals surface area (Å²) in [4.78, 5) is 16.2. The minimum absolute atomic E-state index is 0.142. The van der Waals surface area contributed by atoms with Gasteiger partial charge in [0.2, 0.25) is 11.9 Å². The summed E-state index contributed by atoms with van der Waals surface area (Å²) in [6.07, 6.45) is 3.15. The SMILES string of the molecule is COCCC(=O)N1CCCN(c2nnc3ccc(Cl)cn23)CC1. The van der Waals surface area contributed by atoms with E-state index in [2.05, 4.69) is 15.1 Å². The number of amides is 1. The molecule has 0 radical (unpaired) electrons. The molecule has 8 heteroatoms. The van der Waals surface area contributed by atoms with Crippen LogP contribution in [0.2, 0.25) is 5.02 Å². The number of nitrogens with zero attached hydrogens (tertiary/aromatic N) is 5. The van der Waals surface area contributed by atoms with Gasteiger partial charge in [0.15, 0.2) is 5.65 Å². The van der Waals surface area contributed by atoms with Gasteiger partial charge in [0.25, 0.3) is 0 Å². The molecule has 1 aliphatic rings. The lowest BCUT2D eigenvalue weighted by Crippen LogP contribution is -2.36. The molecule has 1 fully saturated rings. The highest BCUT2D eigenvalue weighted by Gasteiger charge is 2.21. The van der Waals surface area contributed by atoms with Gasteiger partial charge in [-0.1, -0.05) is 11.6 Å². The molecule has 0 aromatic carbocycles. The standard InChI is InChI=1S/C15H20ClN5O2/c1-23-10-5-14(22)19-6-2-7-20(9-8-19)15-18-17-13-4-3-12(16)11-21(13)15/h3-4,11H,2,5-10H2,1H3. The second-order valence-corrected chi connectivity index (χ2v) is 5.98. The largest absolute Gasteiger partial charge is 0.384 e. The van der Waals surface area contributed by atoms with Gasteiger partial charge in [-0.3, -0.25) is 9.20 Å². The van der Waals surface area contributed by atoms with Crippen molar-refractivity contribution in [1.29, 1.82) is 0 Å². The number of hydrogen-bond acceptors (Lipinski definition) is 5. The maximum Gasteiger partial charge on any atom is 0.231 e. The summed E-state index contributed by atoms with van der Waals surface area (Å²) in [6, 6.07) is 3.64. The van der Waals surface area contributed by atoms with Crippen LogP contribution in [-0.2, 0) is 9.53 Å². The summed E-state index contributed by atoms with van der Waals surface area (Å²) in [7, 11) is 1.61. The zero-order chi connectivity index (χ0) is 16.2. The van der Waals surface area contributed by atoms with Crippen LogP contribution in [0.15, 0.2) is 18.3 Å². The smallest absolute Gasteiger partial charge is 0.231 e. The molecule has 3 rings (SSSR count). The number of aromatic nitrogens is 3. The van der Waals surface area contributed by atoms with E-state index in [-0.39, 0.29) is 5.91 Å². The number of fused-ring (bicyclic) bond motifs is 1. The van der Waals surface area contributed by atoms with Crippen molar-refractivity contribution < 1.29 is 9.53 Å². The van der Waals surface area contributed by atoms with Gasteiger partial charge in [0.1, 0.15) is 0 Å². The number of ether oxygens (including phenoxy) is 1. The molecule has 0 N–H and O–H groups in total. The number of pyridine rings is 1. The summed E-state index contributed by atoms with van der Waals surface area (Å²) in [5, 5.41) is 9.10. The molecule has 0 unspecified atom stereocenters. The van der Waals surface area contributed by atoms with E-state index in [1.165, 1.54) is 0 Å². The van der Waals surface area contributed by atoms with E-state index < -0.39 is 0 Å². The lowest BCUT2D eigenvalue weighted by molar-refractivity contribution is -0.131. The molecule has 1 aliphatic heterocycles. The van der Waals surface area contributed by atoms with E-state index in [9.17, 15) is 4.79 Å². The Hall–Kier alpha value is -1.86. The first-order valence-electron chi connectivity index (χ1n) is 7.71. The molecular formula is C15H20ClN5O2. The zero-order valence-corrected chi connectivity index (χ0v) is 13.9. The fraction of sp³-hybridized carbons (Fsp3) is 0.533. The highest BCUT2D eigenvalue weighted by atomic mass is 35.5. The van der Waals surface area contributed by atoms with E-state index in [4.69, 9.17) is 16.3 Å². The molecule has 0 spiro atoms. The highest BCUT2D eigenvalue weighted by Crippen LogP contribution is 2.18. The maximum absolute atomic E-state index is 12.1. The molecule has 3 heterocycles. The molecule has 0 aliphatic carbocycles. The van der Waals surface area contributed by atoms with Crippen molar-refractivity contribution in [3.63, 3.8) is 0 Å². The number of methoxy groups -OCH3 is 1. The average molecular weight is 338 g/mol. The Labute approximate surface area is 139 Å². The third-order valence-electron chi connectivity index (χ3n) is 4.00. The Balaban J connectivity index is 1.72. The highest BCUT2D eigenvalue weighted by molar-refractivity contribution is 6.30. The molecule has 0 bridgehead atoms. The third kappa shape index (κ3) is 3.56. The van der Waals surface area contributed by atoms with Gasteiger partial charge in [-0.2, -0.15) is 0 Å². The fourth-order valence-corrected chi connectivity index (χ4v) is 2.94. The second kappa shape index (κ2) is 7.14. The van der Waals surface area contributed by atoms with Crippen LogP contribution < -0.4 is 4.90 Å². The minimum Gasteiger partial charge on any atom is -0.384 e. The van der Waals surface area contributed by atoms with Crippen molar-refractivity contribution in [3.8, 4) is 0 Å². The van der Waals surface area contributed by atoms with E-state index in [1.54, 1.807) is 13.2 Å². The van der Waals surface area contributed by atoms with Gasteiger partial charge in [-0.05, 0) is 18.6 Å². The van der Waals surface area contributed by atoms with Crippen LogP contribution in [0, 0.1) is 0 Å². The number of hydrogen-bond donors (Lipinski definition) is 0. The quantitative estimate of drug-likeness (QED) is 0.845. The number of carbonyl (C=O) groups is 1. The van der Waals surface area contributed by atoms with Crippen molar-refractivity contribution in [3.05, 3.63) is 23.4 Å². The lowest BCUT2D eigenvalue weighted by atomic mass is 10.3. The molecule has 1 saturated heterocycles. The summed E-state index contributed by atoms with van der Waals surface area (Å²) in [5.41, 5.74) is 0.765. The van der Waals surface area contributed by atoms with Gasteiger partial charge >= 0.3 is 0 Å². The normalized spacial score (nSPS) is 15.9. The summed E-state index contributed by atoms with van der Waals surface area (Å²) >= 11 is 6.07. The van der Waals surface area contributed by atoms with Gasteiger partial charge in [0, 0.05) is 39.5 Å². The van der Waals surface area contributed by atoms with E-state index in [0.29, 0.717) is 24.6 Å². The van der Waals surface area contributed by atoms with Gasteiger partial charge < -0.3 is 14.5 Å². The van der Waals surface area contributed by atoms with E-state index in [0.717, 1.165) is 37.7 Å². The van der Waals surface area contributed by atoms with Crippen molar-refractivity contribution in [1.82, 2.24) is 19.5 Å². The first kappa shape index (κ1) is 16.0. The summed E-state index contributed by atoms with van der Waals surface area (Å²) in [5.74, 6) is 0.913. The maximum atomic E-state index is 12.1. The van der Waals surface area contributed by atoms with Crippen molar-refractivity contribution in [2.24, 2.45) is 0 Å². The van der Waals surface area contributed by atoms with Crippen LogP contribution in [0.25, 0.3) is 5.65 Å². The summed E-state index contributed by atoms with van der Waals surface area (Å²) < 4.78 is 6.88. The molecule has 124 valence electrons. The van der Waals surface area contributed by atoms with Crippen molar-refractivity contribution in [2.45, 2.75) is 12.8 Å². The van der Waals surface area contributed by atoms with Crippen LogP contribution in [0.3, 0.4) is 0 Å². The first-order valence-corrected chi connectivity index (χ1v) is 8.09. The monoisotopic (exact) mass is 337 g/mol. The Kier molecular flexibility index (Phi) is 4.97. The Morgan fingerprint density at radius 2 is 2.13 bits per heavy atom. The van der Waals surface area contributed by atoms with Gasteiger partial charge in [-0.25, -0.2) is 0 Å². The number of carbonyl (C=O) groups excluding carboxylic acids is 1. The van der Waals surface area contributed by atoms with E-state index >= 15 is 0 Å². The van der Waals surface area contributed by atoms with Crippen LogP contribution in [0.5, 0.6) is 0 Å². The predicted octanol–water partition coefficient (Wildman–Crippen LogP) is 1.46. The second-order valence-electron chi connectivity index (χ2n) is 5.54. The number of halogens is 1. The molecular weight excluding hydrogens is 318 g/mol. The Morgan fingerprint density at radius 1 is 1.26 bits per heavy atom. The van der Waals surface area contributed by atoms with Crippen LogP contribution in [0.1, 0.15) is 12.8 Å². The van der Waals surface area contributed by atoms with Gasteiger partial charge in [-0.15, -0.1) is 10.2 Å². The molecule has 2 aromatic rings. The molecule has 0 atom stereocenters. The van der Waals surface area contributed by atoms with Crippen LogP contribution in [0.4, 0.5) is 5.95 Å². The Bertz CT molecular complexity index is 690. The molecule has 0 saturated carbocycles. The molecule has 2 aromatic heterocycles. The summed E-state index contributed by atoms with van der Waals surface area (Å²) in [6.45, 7) is 3.47. The number of rotatable bonds is 4. The first-order chi connectivity index (χ1) is 11.2. The Morgan fingerprint density at radius 3 is 2.96 bits per heavy atom. The minimum atomic E-state index is 0.142. The zero-order valence-electron chi connectivity index (χ0n) is 13.1. The molecule has 23 heavy (non-hydrogen) atoms.